The van der Waals surface area contributed by atoms with Gasteiger partial charge in [0.05, 0.1) is 15.7 Å². The predicted molar refractivity (Wildman–Crippen MR) is 79.8 cm³/mol. The quantitative estimate of drug-likeness (QED) is 0.811. The molecule has 0 saturated heterocycles. The zero-order valence-corrected chi connectivity index (χ0v) is 12.4. The topological polar surface area (TPSA) is 55.1 Å². The van der Waals surface area contributed by atoms with Gasteiger partial charge in [0.2, 0.25) is 0 Å². The molecule has 0 radical (unpaired) electrons. The molecule has 1 aliphatic carbocycles. The fourth-order valence-corrected chi connectivity index (χ4v) is 2.79. The molecule has 3 nitrogen and oxygen atoms in total. The highest BCUT2D eigenvalue weighted by Gasteiger charge is 2.41. The third kappa shape index (κ3) is 3.34. The van der Waals surface area contributed by atoms with Crippen molar-refractivity contribution in [2.75, 3.05) is 12.3 Å². The average Bonchev–Trinajstić information content (AvgIpc) is 3.13. The fraction of sp³-hybridized carbons (Fsp3) is 0.500. The Morgan fingerprint density at radius 3 is 2.42 bits per heavy atom. The predicted octanol–water partition coefficient (Wildman–Crippen LogP) is 3.89. The Morgan fingerprint density at radius 2 is 1.95 bits per heavy atom. The number of carbonyl (C=O) groups excluding carboxylic acids is 1. The van der Waals surface area contributed by atoms with Crippen LogP contribution in [-0.2, 0) is 0 Å². The van der Waals surface area contributed by atoms with Gasteiger partial charge in [0.25, 0.3) is 5.91 Å². The van der Waals surface area contributed by atoms with E-state index in [1.165, 1.54) is 12.8 Å². The first-order valence-electron chi connectivity index (χ1n) is 6.50. The van der Waals surface area contributed by atoms with Gasteiger partial charge < -0.3 is 11.1 Å². The first-order chi connectivity index (χ1) is 8.97. The average molecular weight is 301 g/mol. The van der Waals surface area contributed by atoms with E-state index in [1.807, 2.05) is 0 Å². The Kier molecular flexibility index (Phi) is 4.26. The van der Waals surface area contributed by atoms with Crippen LogP contribution >= 0.6 is 23.2 Å². The molecular formula is C14H18Cl2N2O. The van der Waals surface area contributed by atoms with Gasteiger partial charge in [0, 0.05) is 12.1 Å². The van der Waals surface area contributed by atoms with Gasteiger partial charge in [-0.25, -0.2) is 0 Å². The van der Waals surface area contributed by atoms with Gasteiger partial charge in [-0.2, -0.15) is 0 Å². The lowest BCUT2D eigenvalue weighted by atomic mass is 10.0. The molecule has 1 aliphatic rings. The van der Waals surface area contributed by atoms with Gasteiger partial charge in [-0.05, 0) is 36.8 Å². The third-order valence-corrected chi connectivity index (χ3v) is 4.33. The van der Waals surface area contributed by atoms with Crippen molar-refractivity contribution in [3.05, 3.63) is 27.7 Å². The van der Waals surface area contributed by atoms with Crippen molar-refractivity contribution in [1.82, 2.24) is 5.32 Å². The van der Waals surface area contributed by atoms with E-state index in [-0.39, 0.29) is 5.91 Å². The van der Waals surface area contributed by atoms with Crippen LogP contribution in [0.25, 0.3) is 0 Å². The number of halogens is 2. The molecule has 1 fully saturated rings. The van der Waals surface area contributed by atoms with Crippen LogP contribution in [0.2, 0.25) is 10.0 Å². The minimum atomic E-state index is -0.147. The molecule has 0 atom stereocenters. The lowest BCUT2D eigenvalue weighted by Crippen LogP contribution is -2.30. The number of nitrogens with two attached hydrogens (primary N) is 1. The van der Waals surface area contributed by atoms with Gasteiger partial charge in [-0.3, -0.25) is 4.79 Å². The molecule has 5 heteroatoms. The van der Waals surface area contributed by atoms with Crippen molar-refractivity contribution in [3.8, 4) is 0 Å². The first kappa shape index (κ1) is 14.5. The normalized spacial score (nSPS) is 16.2. The van der Waals surface area contributed by atoms with E-state index in [0.717, 1.165) is 19.4 Å². The summed E-state index contributed by atoms with van der Waals surface area (Å²) in [5.41, 5.74) is 6.74. The molecule has 104 valence electrons. The van der Waals surface area contributed by atoms with Crippen LogP contribution in [0.15, 0.2) is 12.1 Å². The number of benzene rings is 1. The van der Waals surface area contributed by atoms with E-state index >= 15 is 0 Å². The number of carbonyl (C=O) groups is 1. The first-order valence-corrected chi connectivity index (χ1v) is 7.26. The molecule has 1 aromatic carbocycles. The minimum Gasteiger partial charge on any atom is -0.396 e. The van der Waals surface area contributed by atoms with Crippen LogP contribution in [0.3, 0.4) is 0 Å². The zero-order valence-electron chi connectivity index (χ0n) is 10.9. The molecule has 0 unspecified atom stereocenters. The molecule has 1 aromatic rings. The molecule has 0 bridgehead atoms. The van der Waals surface area contributed by atoms with Crippen molar-refractivity contribution in [3.63, 3.8) is 0 Å². The summed E-state index contributed by atoms with van der Waals surface area (Å²) in [6.45, 7) is 2.89. The number of nitrogens with one attached hydrogen (secondary N) is 1. The maximum Gasteiger partial charge on any atom is 0.251 e. The lowest BCUT2D eigenvalue weighted by Gasteiger charge is -2.15. The second-order valence-corrected chi connectivity index (χ2v) is 6.10. The standard InChI is InChI=1S/C14H18Cl2N2O/c1-2-3-14(4-5-14)8-18-13(19)9-6-10(15)12(17)11(16)7-9/h6-7H,2-5,8,17H2,1H3,(H,18,19). The van der Waals surface area contributed by atoms with E-state index in [2.05, 4.69) is 12.2 Å². The zero-order chi connectivity index (χ0) is 14.0. The molecule has 0 spiro atoms. The highest BCUT2D eigenvalue weighted by atomic mass is 35.5. The van der Waals surface area contributed by atoms with E-state index < -0.39 is 0 Å². The summed E-state index contributed by atoms with van der Waals surface area (Å²) in [4.78, 5) is 12.1. The van der Waals surface area contributed by atoms with Crippen LogP contribution in [0.5, 0.6) is 0 Å². The minimum absolute atomic E-state index is 0.147. The van der Waals surface area contributed by atoms with Crippen LogP contribution < -0.4 is 11.1 Å². The maximum atomic E-state index is 12.1. The smallest absolute Gasteiger partial charge is 0.251 e. The number of anilines is 1. The van der Waals surface area contributed by atoms with Gasteiger partial charge in [-0.1, -0.05) is 36.5 Å². The van der Waals surface area contributed by atoms with Gasteiger partial charge in [0.1, 0.15) is 0 Å². The Balaban J connectivity index is 2.01. The summed E-state index contributed by atoms with van der Waals surface area (Å²) >= 11 is 11.9. The molecule has 19 heavy (non-hydrogen) atoms. The van der Waals surface area contributed by atoms with Crippen LogP contribution in [-0.4, -0.2) is 12.5 Å². The van der Waals surface area contributed by atoms with Crippen LogP contribution in [0, 0.1) is 5.41 Å². The van der Waals surface area contributed by atoms with Crippen molar-refractivity contribution < 1.29 is 4.79 Å². The highest BCUT2D eigenvalue weighted by Crippen LogP contribution is 2.48. The van der Waals surface area contributed by atoms with E-state index in [9.17, 15) is 4.79 Å². The molecule has 0 aliphatic heterocycles. The molecule has 3 N–H and O–H groups in total. The molecule has 1 amide bonds. The maximum absolute atomic E-state index is 12.1. The highest BCUT2D eigenvalue weighted by molar-refractivity contribution is 6.39. The number of nitrogen functional groups attached to an aromatic ring is 1. The summed E-state index contributed by atoms with van der Waals surface area (Å²) < 4.78 is 0. The van der Waals surface area contributed by atoms with E-state index in [0.29, 0.717) is 26.7 Å². The third-order valence-electron chi connectivity index (χ3n) is 3.70. The SMILES string of the molecule is CCCC1(CNC(=O)c2cc(Cl)c(N)c(Cl)c2)CC1. The van der Waals surface area contributed by atoms with Gasteiger partial charge in [0.15, 0.2) is 0 Å². The van der Waals surface area contributed by atoms with Crippen LogP contribution in [0.1, 0.15) is 43.0 Å². The molecule has 0 heterocycles. The monoisotopic (exact) mass is 300 g/mol. The number of hydrogen-bond acceptors (Lipinski definition) is 2. The van der Waals surface area contributed by atoms with Crippen molar-refractivity contribution in [2.45, 2.75) is 32.6 Å². The fourth-order valence-electron chi connectivity index (χ4n) is 2.31. The van der Waals surface area contributed by atoms with Gasteiger partial charge in [-0.15, -0.1) is 0 Å². The molecule has 2 rings (SSSR count). The van der Waals surface area contributed by atoms with E-state index in [1.54, 1.807) is 12.1 Å². The number of hydrogen-bond donors (Lipinski definition) is 2. The summed E-state index contributed by atoms with van der Waals surface area (Å²) in [7, 11) is 0. The molecule has 0 aromatic heterocycles. The van der Waals surface area contributed by atoms with Crippen LogP contribution in [0.4, 0.5) is 5.69 Å². The van der Waals surface area contributed by atoms with E-state index in [4.69, 9.17) is 28.9 Å². The lowest BCUT2D eigenvalue weighted by molar-refractivity contribution is 0.0944. The summed E-state index contributed by atoms with van der Waals surface area (Å²) in [5, 5.41) is 3.59. The molecule has 1 saturated carbocycles. The Morgan fingerprint density at radius 1 is 1.37 bits per heavy atom. The summed E-state index contributed by atoms with van der Waals surface area (Å²) in [6, 6.07) is 3.11. The Labute approximate surface area is 123 Å². The Hall–Kier alpha value is -0.930. The Bertz CT molecular complexity index is 475. The second-order valence-electron chi connectivity index (χ2n) is 5.29. The van der Waals surface area contributed by atoms with Crippen molar-refractivity contribution in [1.29, 1.82) is 0 Å². The van der Waals surface area contributed by atoms with Crippen molar-refractivity contribution >= 4 is 34.8 Å². The largest absolute Gasteiger partial charge is 0.396 e. The molecular weight excluding hydrogens is 283 g/mol. The number of rotatable bonds is 5. The summed E-state index contributed by atoms with van der Waals surface area (Å²) in [6.07, 6.45) is 4.71. The van der Waals surface area contributed by atoms with Crippen molar-refractivity contribution in [2.24, 2.45) is 5.41 Å². The number of amides is 1. The van der Waals surface area contributed by atoms with Gasteiger partial charge >= 0.3 is 0 Å². The summed E-state index contributed by atoms with van der Waals surface area (Å²) in [5.74, 6) is -0.147. The second kappa shape index (κ2) is 5.59.